The molecule has 0 aliphatic heterocycles. The first kappa shape index (κ1) is 14.6. The number of aromatic nitrogens is 2. The Morgan fingerprint density at radius 3 is 2.63 bits per heavy atom. The van der Waals surface area contributed by atoms with E-state index in [2.05, 4.69) is 38.5 Å². The molecule has 0 aliphatic rings. The fourth-order valence-corrected chi connectivity index (χ4v) is 3.11. The van der Waals surface area contributed by atoms with E-state index in [0.29, 0.717) is 0 Å². The van der Waals surface area contributed by atoms with Crippen LogP contribution in [-0.2, 0) is 13.5 Å². The van der Waals surface area contributed by atoms with Gasteiger partial charge in [-0.05, 0) is 43.8 Å². The predicted octanol–water partition coefficient (Wildman–Crippen LogP) is 3.65. The molecule has 5 heteroatoms. The number of hydrogen-bond donors (Lipinski definition) is 1. The Hall–Kier alpha value is -0.840. The van der Waals surface area contributed by atoms with Gasteiger partial charge >= 0.3 is 0 Å². The summed E-state index contributed by atoms with van der Waals surface area (Å²) >= 11 is 9.60. The summed E-state index contributed by atoms with van der Waals surface area (Å²) in [6, 6.07) is 8.31. The Labute approximate surface area is 127 Å². The summed E-state index contributed by atoms with van der Waals surface area (Å²) < 4.78 is 2.93. The summed E-state index contributed by atoms with van der Waals surface area (Å²) in [5.74, 6) is 0. The first-order chi connectivity index (χ1) is 8.99. The lowest BCUT2D eigenvalue weighted by Crippen LogP contribution is -2.20. The van der Waals surface area contributed by atoms with Gasteiger partial charge in [-0.2, -0.15) is 5.10 Å². The van der Waals surface area contributed by atoms with Crippen molar-refractivity contribution in [2.24, 2.45) is 7.05 Å². The lowest BCUT2D eigenvalue weighted by atomic mass is 10.0. The summed E-state index contributed by atoms with van der Waals surface area (Å²) in [5.41, 5.74) is 3.41. The van der Waals surface area contributed by atoms with Gasteiger partial charge in [-0.15, -0.1) is 0 Å². The third-order valence-electron chi connectivity index (χ3n) is 3.15. The van der Waals surface area contributed by atoms with Crippen LogP contribution in [0.2, 0.25) is 5.02 Å². The highest BCUT2D eigenvalue weighted by Gasteiger charge is 2.14. The van der Waals surface area contributed by atoms with Crippen LogP contribution in [0.15, 0.2) is 28.7 Å². The standard InChI is InChI=1S/C14H17BrClN3/c1-9-4-13(19(3)18-9)8-14(17-2)10-5-11(15)7-12(16)6-10/h4-7,14,17H,8H2,1-3H3. The monoisotopic (exact) mass is 341 g/mol. The average Bonchev–Trinajstić information content (AvgIpc) is 2.63. The second kappa shape index (κ2) is 6.07. The first-order valence-corrected chi connectivity index (χ1v) is 7.29. The number of nitrogens with one attached hydrogen (secondary N) is 1. The molecule has 0 spiro atoms. The van der Waals surface area contributed by atoms with Crippen LogP contribution in [0.3, 0.4) is 0 Å². The molecule has 2 rings (SSSR count). The van der Waals surface area contributed by atoms with E-state index in [1.807, 2.05) is 37.8 Å². The zero-order chi connectivity index (χ0) is 14.0. The molecule has 3 nitrogen and oxygen atoms in total. The van der Waals surface area contributed by atoms with Gasteiger partial charge in [0.2, 0.25) is 0 Å². The van der Waals surface area contributed by atoms with Gasteiger partial charge in [-0.25, -0.2) is 0 Å². The molecule has 0 aliphatic carbocycles. The predicted molar refractivity (Wildman–Crippen MR) is 82.6 cm³/mol. The van der Waals surface area contributed by atoms with Gasteiger partial charge in [0.25, 0.3) is 0 Å². The molecule has 1 aromatic heterocycles. The van der Waals surface area contributed by atoms with Crippen molar-refractivity contribution in [2.45, 2.75) is 19.4 Å². The Morgan fingerprint density at radius 2 is 2.11 bits per heavy atom. The number of benzene rings is 1. The fraction of sp³-hybridized carbons (Fsp3) is 0.357. The van der Waals surface area contributed by atoms with Gasteiger partial charge in [-0.3, -0.25) is 4.68 Å². The van der Waals surface area contributed by atoms with Gasteiger partial charge < -0.3 is 5.32 Å². The SMILES string of the molecule is CNC(Cc1cc(C)nn1C)c1cc(Cl)cc(Br)c1. The highest BCUT2D eigenvalue weighted by molar-refractivity contribution is 9.10. The van der Waals surface area contributed by atoms with Crippen molar-refractivity contribution in [3.8, 4) is 0 Å². The number of nitrogens with zero attached hydrogens (tertiary/aromatic N) is 2. The summed E-state index contributed by atoms with van der Waals surface area (Å²) in [6.07, 6.45) is 0.876. The normalized spacial score (nSPS) is 12.7. The summed E-state index contributed by atoms with van der Waals surface area (Å²) in [5, 5.41) is 8.46. The third kappa shape index (κ3) is 3.59. The molecule has 0 bridgehead atoms. The van der Waals surface area contributed by atoms with E-state index >= 15 is 0 Å². The lowest BCUT2D eigenvalue weighted by Gasteiger charge is -2.17. The molecule has 1 heterocycles. The Balaban J connectivity index is 2.27. The van der Waals surface area contributed by atoms with Gasteiger partial charge in [0, 0.05) is 34.7 Å². The molecule has 19 heavy (non-hydrogen) atoms. The molecular weight excluding hydrogens is 326 g/mol. The second-order valence-corrected chi connectivity index (χ2v) is 6.00. The first-order valence-electron chi connectivity index (χ1n) is 6.12. The minimum Gasteiger partial charge on any atom is -0.313 e. The van der Waals surface area contributed by atoms with Crippen LogP contribution < -0.4 is 5.32 Å². The summed E-state index contributed by atoms with van der Waals surface area (Å²) in [7, 11) is 3.94. The molecule has 1 aromatic carbocycles. The lowest BCUT2D eigenvalue weighted by molar-refractivity contribution is 0.561. The van der Waals surface area contributed by atoms with E-state index in [-0.39, 0.29) is 6.04 Å². The van der Waals surface area contributed by atoms with Gasteiger partial charge in [0.05, 0.1) is 5.69 Å². The van der Waals surface area contributed by atoms with Crippen molar-refractivity contribution in [1.82, 2.24) is 15.1 Å². The molecule has 0 radical (unpaired) electrons. The molecule has 0 saturated carbocycles. The molecule has 1 atom stereocenters. The quantitative estimate of drug-likeness (QED) is 0.919. The van der Waals surface area contributed by atoms with Crippen LogP contribution in [-0.4, -0.2) is 16.8 Å². The van der Waals surface area contributed by atoms with E-state index in [1.54, 1.807) is 0 Å². The smallest absolute Gasteiger partial charge is 0.0596 e. The molecule has 102 valence electrons. The van der Waals surface area contributed by atoms with Crippen LogP contribution in [0.25, 0.3) is 0 Å². The minimum absolute atomic E-state index is 0.213. The van der Waals surface area contributed by atoms with Crippen LogP contribution in [0.1, 0.15) is 23.0 Å². The highest BCUT2D eigenvalue weighted by Crippen LogP contribution is 2.26. The van der Waals surface area contributed by atoms with Crippen molar-refractivity contribution in [1.29, 1.82) is 0 Å². The fourth-order valence-electron chi connectivity index (χ4n) is 2.23. The Bertz CT molecular complexity index is 560. The van der Waals surface area contributed by atoms with Crippen molar-refractivity contribution in [3.63, 3.8) is 0 Å². The van der Waals surface area contributed by atoms with E-state index in [1.165, 1.54) is 11.3 Å². The molecule has 0 fully saturated rings. The maximum absolute atomic E-state index is 6.11. The zero-order valence-corrected chi connectivity index (χ0v) is 13.6. The average molecular weight is 343 g/mol. The minimum atomic E-state index is 0.213. The molecule has 1 unspecified atom stereocenters. The molecule has 1 N–H and O–H groups in total. The summed E-state index contributed by atoms with van der Waals surface area (Å²) in [4.78, 5) is 0. The molecule has 0 amide bonds. The largest absolute Gasteiger partial charge is 0.313 e. The van der Waals surface area contributed by atoms with Crippen LogP contribution in [0, 0.1) is 6.92 Å². The third-order valence-corrected chi connectivity index (χ3v) is 3.82. The zero-order valence-electron chi connectivity index (χ0n) is 11.2. The Morgan fingerprint density at radius 1 is 1.37 bits per heavy atom. The van der Waals surface area contributed by atoms with Crippen LogP contribution in [0.5, 0.6) is 0 Å². The van der Waals surface area contributed by atoms with E-state index in [9.17, 15) is 0 Å². The van der Waals surface area contributed by atoms with E-state index in [4.69, 9.17) is 11.6 Å². The van der Waals surface area contributed by atoms with Gasteiger partial charge in [0.15, 0.2) is 0 Å². The van der Waals surface area contributed by atoms with Crippen LogP contribution >= 0.6 is 27.5 Å². The van der Waals surface area contributed by atoms with Gasteiger partial charge in [0.1, 0.15) is 0 Å². The number of halogens is 2. The highest BCUT2D eigenvalue weighted by atomic mass is 79.9. The van der Waals surface area contributed by atoms with Crippen molar-refractivity contribution in [2.75, 3.05) is 7.05 Å². The van der Waals surface area contributed by atoms with Crippen LogP contribution in [0.4, 0.5) is 0 Å². The molecular formula is C14H17BrClN3. The van der Waals surface area contributed by atoms with E-state index < -0.39 is 0 Å². The van der Waals surface area contributed by atoms with Crippen molar-refractivity contribution in [3.05, 3.63) is 50.7 Å². The van der Waals surface area contributed by atoms with Crippen molar-refractivity contribution >= 4 is 27.5 Å². The topological polar surface area (TPSA) is 29.9 Å². The number of aryl methyl sites for hydroxylation is 2. The molecule has 2 aromatic rings. The number of rotatable bonds is 4. The number of hydrogen-bond acceptors (Lipinski definition) is 2. The van der Waals surface area contributed by atoms with Gasteiger partial charge in [-0.1, -0.05) is 27.5 Å². The second-order valence-electron chi connectivity index (χ2n) is 4.65. The van der Waals surface area contributed by atoms with E-state index in [0.717, 1.165) is 21.6 Å². The maximum atomic E-state index is 6.11. The number of likely N-dealkylation sites (N-methyl/N-ethyl adjacent to an activating group) is 1. The molecule has 0 saturated heterocycles. The maximum Gasteiger partial charge on any atom is 0.0596 e. The Kier molecular flexibility index (Phi) is 4.66. The summed E-state index contributed by atoms with van der Waals surface area (Å²) in [6.45, 7) is 2.01. The van der Waals surface area contributed by atoms with Crippen molar-refractivity contribution < 1.29 is 0 Å².